The Morgan fingerprint density at radius 3 is 2.37 bits per heavy atom. The van der Waals surface area contributed by atoms with Crippen LogP contribution < -0.4 is 0 Å². The Morgan fingerprint density at radius 2 is 1.70 bits per heavy atom. The molecule has 2 aliphatic rings. The van der Waals surface area contributed by atoms with E-state index in [9.17, 15) is 9.59 Å². The fourth-order valence-corrected chi connectivity index (χ4v) is 4.62. The number of likely N-dealkylation sites (N-methyl/N-ethyl adjacent to an activating group) is 1. The smallest absolute Gasteiger partial charge is 0.328 e. The Hall–Kier alpha value is -2.68. The molecule has 0 spiro atoms. The van der Waals surface area contributed by atoms with Crippen molar-refractivity contribution in [3.05, 3.63) is 65.9 Å². The zero-order valence-electron chi connectivity index (χ0n) is 16.8. The summed E-state index contributed by atoms with van der Waals surface area (Å²) in [6.07, 6.45) is 4.09. The number of fused-ring (bicyclic) bond motifs is 2. The molecule has 4 rings (SSSR count). The molecule has 7 nitrogen and oxygen atoms in total. The lowest BCUT2D eigenvalue weighted by Gasteiger charge is -2.38. The minimum atomic E-state index is -1.26. The van der Waals surface area contributed by atoms with Gasteiger partial charge in [0.25, 0.3) is 0 Å². The molecular weight excluding hydrogens is 402 g/mol. The Morgan fingerprint density at radius 1 is 1.03 bits per heavy atom. The molecule has 1 unspecified atom stereocenters. The van der Waals surface area contributed by atoms with Crippen LogP contribution in [0.15, 0.2) is 64.7 Å². The fourth-order valence-electron chi connectivity index (χ4n) is 3.54. The third-order valence-corrected chi connectivity index (χ3v) is 6.25. The van der Waals surface area contributed by atoms with E-state index in [1.165, 1.54) is 21.0 Å². The Balaban J connectivity index is 0.000000275. The predicted molar refractivity (Wildman–Crippen MR) is 115 cm³/mol. The second kappa shape index (κ2) is 10.4. The van der Waals surface area contributed by atoms with E-state index in [-0.39, 0.29) is 0 Å². The van der Waals surface area contributed by atoms with Gasteiger partial charge in [0.2, 0.25) is 0 Å². The van der Waals surface area contributed by atoms with Gasteiger partial charge < -0.3 is 15.1 Å². The van der Waals surface area contributed by atoms with Crippen molar-refractivity contribution in [3.63, 3.8) is 0 Å². The average molecular weight is 428 g/mol. The van der Waals surface area contributed by atoms with E-state index in [0.717, 1.165) is 32.6 Å². The molecule has 1 atom stereocenters. The van der Waals surface area contributed by atoms with Crippen molar-refractivity contribution in [3.8, 4) is 0 Å². The van der Waals surface area contributed by atoms with E-state index in [1.807, 2.05) is 18.0 Å². The van der Waals surface area contributed by atoms with Gasteiger partial charge >= 0.3 is 11.9 Å². The van der Waals surface area contributed by atoms with Crippen molar-refractivity contribution < 1.29 is 19.8 Å². The SMILES string of the molecule is CN1CCN(C2Cc3cccnc3Sc3ccccc32)CC1.O=C(O)/C=C\C(=O)O. The molecule has 1 saturated heterocycles. The summed E-state index contributed by atoms with van der Waals surface area (Å²) in [5, 5.41) is 16.8. The van der Waals surface area contributed by atoms with Crippen molar-refractivity contribution in [2.24, 2.45) is 0 Å². The quantitative estimate of drug-likeness (QED) is 0.723. The molecule has 158 valence electrons. The van der Waals surface area contributed by atoms with Crippen LogP contribution in [0.1, 0.15) is 17.2 Å². The van der Waals surface area contributed by atoms with Crippen molar-refractivity contribution in [1.29, 1.82) is 0 Å². The van der Waals surface area contributed by atoms with Gasteiger partial charge in [-0.15, -0.1) is 0 Å². The van der Waals surface area contributed by atoms with Crippen LogP contribution in [0.3, 0.4) is 0 Å². The molecule has 0 amide bonds. The normalized spacial score (nSPS) is 19.2. The molecule has 0 bridgehead atoms. The van der Waals surface area contributed by atoms with Crippen LogP contribution in [-0.2, 0) is 16.0 Å². The van der Waals surface area contributed by atoms with Gasteiger partial charge in [-0.2, -0.15) is 0 Å². The summed E-state index contributed by atoms with van der Waals surface area (Å²) >= 11 is 1.82. The molecule has 1 aromatic carbocycles. The summed E-state index contributed by atoms with van der Waals surface area (Å²) in [5.41, 5.74) is 2.85. The highest BCUT2D eigenvalue weighted by Crippen LogP contribution is 2.41. The molecule has 2 N–H and O–H groups in total. The predicted octanol–water partition coefficient (Wildman–Crippen LogP) is 2.79. The van der Waals surface area contributed by atoms with Crippen LogP contribution in [0.5, 0.6) is 0 Å². The van der Waals surface area contributed by atoms with Gasteiger partial charge in [0.15, 0.2) is 0 Å². The van der Waals surface area contributed by atoms with Crippen LogP contribution in [0.2, 0.25) is 0 Å². The van der Waals surface area contributed by atoms with E-state index in [1.54, 1.807) is 0 Å². The molecule has 2 aliphatic heterocycles. The van der Waals surface area contributed by atoms with Crippen LogP contribution in [0.25, 0.3) is 0 Å². The Kier molecular flexibility index (Phi) is 7.62. The first-order valence-electron chi connectivity index (χ1n) is 9.71. The number of nitrogens with zero attached hydrogens (tertiary/aromatic N) is 3. The lowest BCUT2D eigenvalue weighted by atomic mass is 9.97. The van der Waals surface area contributed by atoms with Gasteiger partial charge in [-0.3, -0.25) is 4.90 Å². The number of aliphatic carboxylic acids is 2. The molecule has 0 aliphatic carbocycles. The molecule has 0 saturated carbocycles. The van der Waals surface area contributed by atoms with Gasteiger partial charge in [-0.25, -0.2) is 14.6 Å². The van der Waals surface area contributed by atoms with Crippen molar-refractivity contribution in [2.75, 3.05) is 33.2 Å². The lowest BCUT2D eigenvalue weighted by Crippen LogP contribution is -2.46. The number of carbonyl (C=O) groups is 2. The topological polar surface area (TPSA) is 94.0 Å². The maximum Gasteiger partial charge on any atom is 0.328 e. The maximum absolute atomic E-state index is 9.55. The van der Waals surface area contributed by atoms with Crippen LogP contribution in [-0.4, -0.2) is 70.2 Å². The molecule has 1 fully saturated rings. The summed E-state index contributed by atoms with van der Waals surface area (Å²) in [6.45, 7) is 4.61. The van der Waals surface area contributed by atoms with Gasteiger partial charge in [0, 0.05) is 55.5 Å². The summed E-state index contributed by atoms with van der Waals surface area (Å²) in [5.74, 6) is -2.51. The Labute approximate surface area is 180 Å². The maximum atomic E-state index is 9.55. The van der Waals surface area contributed by atoms with E-state index >= 15 is 0 Å². The molecule has 30 heavy (non-hydrogen) atoms. The van der Waals surface area contributed by atoms with Crippen LogP contribution in [0.4, 0.5) is 0 Å². The highest BCUT2D eigenvalue weighted by molar-refractivity contribution is 7.99. The fraction of sp³-hybridized carbons (Fsp3) is 0.318. The number of carboxylic acid groups (broad SMARTS) is 2. The number of piperazine rings is 1. The number of pyridine rings is 1. The summed E-state index contributed by atoms with van der Waals surface area (Å²) in [6, 6.07) is 13.6. The standard InChI is InChI=1S/C18H21N3S.C4H4O4/c1-20-9-11-21(12-10-20)16-13-14-5-4-8-19-18(14)22-17-7-3-2-6-15(16)17;5-3(6)1-2-4(7)8/h2-8,16H,9-13H2,1H3;1-2H,(H,5,6)(H,7,8)/b;2-1-. The molecule has 1 aromatic heterocycles. The summed E-state index contributed by atoms with van der Waals surface area (Å²) in [7, 11) is 2.22. The minimum absolute atomic E-state index is 0.475. The molecule has 3 heterocycles. The average Bonchev–Trinajstić information content (AvgIpc) is 2.90. The first-order valence-corrected chi connectivity index (χ1v) is 10.5. The second-order valence-electron chi connectivity index (χ2n) is 7.18. The lowest BCUT2D eigenvalue weighted by molar-refractivity contribution is -0.134. The zero-order chi connectivity index (χ0) is 21.5. The number of hydrogen-bond donors (Lipinski definition) is 2. The van der Waals surface area contributed by atoms with Crippen LogP contribution in [0, 0.1) is 0 Å². The largest absolute Gasteiger partial charge is 0.478 e. The zero-order valence-corrected chi connectivity index (χ0v) is 17.6. The summed E-state index contributed by atoms with van der Waals surface area (Å²) < 4.78 is 0. The monoisotopic (exact) mass is 427 g/mol. The van der Waals surface area contributed by atoms with E-state index in [0.29, 0.717) is 18.2 Å². The van der Waals surface area contributed by atoms with Crippen LogP contribution >= 0.6 is 11.8 Å². The van der Waals surface area contributed by atoms with E-state index in [2.05, 4.69) is 58.2 Å². The highest BCUT2D eigenvalue weighted by Gasteiger charge is 2.29. The summed E-state index contributed by atoms with van der Waals surface area (Å²) in [4.78, 5) is 30.2. The van der Waals surface area contributed by atoms with Crippen molar-refractivity contribution in [2.45, 2.75) is 22.4 Å². The first-order chi connectivity index (χ1) is 14.4. The van der Waals surface area contributed by atoms with Gasteiger partial charge in [0.05, 0.1) is 0 Å². The van der Waals surface area contributed by atoms with Gasteiger partial charge in [0.1, 0.15) is 5.03 Å². The van der Waals surface area contributed by atoms with Crippen molar-refractivity contribution >= 4 is 23.7 Å². The third-order valence-electron chi connectivity index (χ3n) is 5.09. The first kappa shape index (κ1) is 22.0. The highest BCUT2D eigenvalue weighted by atomic mass is 32.2. The number of hydrogen-bond acceptors (Lipinski definition) is 6. The molecule has 2 aromatic rings. The Bertz CT molecular complexity index is 910. The number of rotatable bonds is 3. The second-order valence-corrected chi connectivity index (χ2v) is 8.21. The van der Waals surface area contributed by atoms with Crippen molar-refractivity contribution in [1.82, 2.24) is 14.8 Å². The molecule has 8 heteroatoms. The third kappa shape index (κ3) is 5.91. The number of carboxylic acids is 2. The van der Waals surface area contributed by atoms with Gasteiger partial charge in [-0.05, 0) is 36.7 Å². The van der Waals surface area contributed by atoms with Gasteiger partial charge in [-0.1, -0.05) is 36.0 Å². The molecule has 0 radical (unpaired) electrons. The number of benzene rings is 1. The minimum Gasteiger partial charge on any atom is -0.478 e. The molecular formula is C22H25N3O4S. The number of aromatic nitrogens is 1. The van der Waals surface area contributed by atoms with E-state index in [4.69, 9.17) is 10.2 Å². The van der Waals surface area contributed by atoms with E-state index < -0.39 is 11.9 Å².